The van der Waals surface area contributed by atoms with Crippen LogP contribution in [0.1, 0.15) is 112 Å². The second kappa shape index (κ2) is 8.13. The molecule has 27 heavy (non-hydrogen) atoms. The van der Waals surface area contributed by atoms with Crippen molar-refractivity contribution in [3.63, 3.8) is 0 Å². The van der Waals surface area contributed by atoms with Crippen molar-refractivity contribution in [2.24, 2.45) is 10.8 Å². The molecular formula is C23H40O4. The molecule has 4 heteroatoms. The minimum Gasteiger partial charge on any atom is -0.458 e. The van der Waals surface area contributed by atoms with E-state index in [0.717, 1.165) is 51.4 Å². The van der Waals surface area contributed by atoms with Crippen molar-refractivity contribution in [3.05, 3.63) is 0 Å². The molecule has 0 heterocycles. The summed E-state index contributed by atoms with van der Waals surface area (Å²) in [5, 5.41) is 0. The Kier molecular flexibility index (Phi) is 6.69. The molecule has 0 N–H and O–H groups in total. The summed E-state index contributed by atoms with van der Waals surface area (Å²) < 4.78 is 12.0. The average Bonchev–Trinajstić information content (AvgIpc) is 2.54. The Morgan fingerprint density at radius 1 is 0.630 bits per heavy atom. The maximum atomic E-state index is 12.6. The molecule has 4 nitrogen and oxygen atoms in total. The zero-order chi connectivity index (χ0) is 20.3. The maximum absolute atomic E-state index is 12.6. The molecule has 0 aromatic rings. The molecule has 0 atom stereocenters. The highest BCUT2D eigenvalue weighted by molar-refractivity contribution is 5.91. The van der Waals surface area contributed by atoms with Crippen molar-refractivity contribution in [3.8, 4) is 0 Å². The monoisotopic (exact) mass is 380 g/mol. The first-order valence-electron chi connectivity index (χ1n) is 10.8. The number of esters is 2. The number of carbonyl (C=O) groups is 2. The van der Waals surface area contributed by atoms with Crippen LogP contribution in [0.4, 0.5) is 0 Å². The third-order valence-electron chi connectivity index (χ3n) is 6.96. The highest BCUT2D eigenvalue weighted by Gasteiger charge is 2.48. The Morgan fingerprint density at radius 3 is 1.19 bits per heavy atom. The van der Waals surface area contributed by atoms with Gasteiger partial charge in [-0.2, -0.15) is 0 Å². The summed E-state index contributed by atoms with van der Waals surface area (Å²) in [5.41, 5.74) is -1.20. The fraction of sp³-hybridized carbons (Fsp3) is 0.913. The van der Waals surface area contributed by atoms with E-state index in [1.807, 2.05) is 0 Å². The summed E-state index contributed by atoms with van der Waals surface area (Å²) in [6.45, 7) is 12.8. The van der Waals surface area contributed by atoms with Gasteiger partial charge in [0, 0.05) is 10.8 Å². The lowest BCUT2D eigenvalue weighted by Gasteiger charge is -2.47. The Hall–Kier alpha value is -1.06. The van der Waals surface area contributed by atoms with Gasteiger partial charge in [-0.05, 0) is 51.4 Å². The van der Waals surface area contributed by atoms with Crippen LogP contribution in [-0.2, 0) is 19.1 Å². The van der Waals surface area contributed by atoms with Crippen LogP contribution in [0, 0.1) is 10.8 Å². The number of hydrogen-bond donors (Lipinski definition) is 0. The maximum Gasteiger partial charge on any atom is 0.317 e. The largest absolute Gasteiger partial charge is 0.458 e. The molecule has 0 aromatic heterocycles. The average molecular weight is 381 g/mol. The Morgan fingerprint density at radius 2 is 0.926 bits per heavy atom. The first kappa shape index (κ1) is 22.2. The van der Waals surface area contributed by atoms with Gasteiger partial charge in [-0.25, -0.2) is 0 Å². The third-order valence-corrected chi connectivity index (χ3v) is 6.96. The SMILES string of the molecule is CC(C)(C)C1(OC(=O)CC(=O)OC2(C(C)(C)C)CCCCC2)CCCCC1. The molecule has 2 fully saturated rings. The van der Waals surface area contributed by atoms with E-state index in [9.17, 15) is 9.59 Å². The van der Waals surface area contributed by atoms with Gasteiger partial charge in [-0.3, -0.25) is 9.59 Å². The second-order valence-corrected chi connectivity index (χ2v) is 10.7. The highest BCUT2D eigenvalue weighted by Crippen LogP contribution is 2.46. The molecule has 0 bridgehead atoms. The molecule has 2 aliphatic rings. The summed E-state index contributed by atoms with van der Waals surface area (Å²) in [5.74, 6) is -0.867. The molecule has 2 rings (SSSR count). The van der Waals surface area contributed by atoms with E-state index < -0.39 is 23.1 Å². The number of rotatable bonds is 4. The fourth-order valence-electron chi connectivity index (χ4n) is 4.88. The molecule has 0 saturated heterocycles. The zero-order valence-electron chi connectivity index (χ0n) is 18.4. The lowest BCUT2D eigenvalue weighted by molar-refractivity contribution is -0.191. The van der Waals surface area contributed by atoms with Gasteiger partial charge in [-0.1, -0.05) is 54.4 Å². The Bertz CT molecular complexity index is 476. The number of ether oxygens (including phenoxy) is 2. The normalized spacial score (nSPS) is 22.7. The van der Waals surface area contributed by atoms with Gasteiger partial charge in [0.25, 0.3) is 0 Å². The van der Waals surface area contributed by atoms with E-state index in [0.29, 0.717) is 0 Å². The van der Waals surface area contributed by atoms with E-state index in [2.05, 4.69) is 41.5 Å². The van der Waals surface area contributed by atoms with Crippen molar-refractivity contribution in [1.29, 1.82) is 0 Å². The minimum absolute atomic E-state index is 0.136. The molecule has 2 aliphatic carbocycles. The van der Waals surface area contributed by atoms with Crippen molar-refractivity contribution < 1.29 is 19.1 Å². The van der Waals surface area contributed by atoms with E-state index in [1.54, 1.807) is 0 Å². The van der Waals surface area contributed by atoms with Gasteiger partial charge in [0.05, 0.1) is 0 Å². The standard InChI is InChI=1S/C23H40O4/c1-20(2,3)22(13-9-7-10-14-22)26-18(24)17-19(25)27-23(21(4,5)6)15-11-8-12-16-23/h7-17H2,1-6H3. The number of hydrogen-bond acceptors (Lipinski definition) is 4. The van der Waals surface area contributed by atoms with E-state index in [1.165, 1.54) is 12.8 Å². The summed E-state index contributed by atoms with van der Waals surface area (Å²) in [7, 11) is 0. The highest BCUT2D eigenvalue weighted by atomic mass is 16.6. The molecule has 0 spiro atoms. The zero-order valence-corrected chi connectivity index (χ0v) is 18.4. The smallest absolute Gasteiger partial charge is 0.317 e. The summed E-state index contributed by atoms with van der Waals surface area (Å²) in [4.78, 5) is 25.3. The lowest BCUT2D eigenvalue weighted by Crippen LogP contribution is -2.50. The van der Waals surface area contributed by atoms with Gasteiger partial charge in [0.2, 0.25) is 0 Å². The summed E-state index contributed by atoms with van der Waals surface area (Å²) in [6.07, 6.45) is 9.89. The number of carbonyl (C=O) groups excluding carboxylic acids is 2. The van der Waals surface area contributed by atoms with E-state index >= 15 is 0 Å². The van der Waals surface area contributed by atoms with Crippen molar-refractivity contribution >= 4 is 11.9 Å². The van der Waals surface area contributed by atoms with Crippen molar-refractivity contribution in [2.75, 3.05) is 0 Å². The Labute approximate surface area is 165 Å². The molecule has 0 amide bonds. The van der Waals surface area contributed by atoms with Crippen molar-refractivity contribution in [1.82, 2.24) is 0 Å². The minimum atomic E-state index is -0.463. The fourth-order valence-corrected chi connectivity index (χ4v) is 4.88. The van der Waals surface area contributed by atoms with Crippen LogP contribution in [0.15, 0.2) is 0 Å². The van der Waals surface area contributed by atoms with Gasteiger partial charge >= 0.3 is 11.9 Å². The molecule has 2 saturated carbocycles. The quantitative estimate of drug-likeness (QED) is 0.446. The van der Waals surface area contributed by atoms with E-state index in [4.69, 9.17) is 9.47 Å². The molecule has 0 aliphatic heterocycles. The molecular weight excluding hydrogens is 340 g/mol. The first-order valence-corrected chi connectivity index (χ1v) is 10.8. The van der Waals surface area contributed by atoms with Crippen LogP contribution in [0.25, 0.3) is 0 Å². The van der Waals surface area contributed by atoms with Crippen LogP contribution in [-0.4, -0.2) is 23.1 Å². The van der Waals surface area contributed by atoms with Gasteiger partial charge in [0.1, 0.15) is 17.6 Å². The Balaban J connectivity index is 2.03. The third kappa shape index (κ3) is 5.06. The molecule has 0 aromatic carbocycles. The first-order chi connectivity index (χ1) is 12.4. The van der Waals surface area contributed by atoms with Gasteiger partial charge in [-0.15, -0.1) is 0 Å². The molecule has 0 unspecified atom stereocenters. The lowest BCUT2D eigenvalue weighted by atomic mass is 9.68. The predicted octanol–water partition coefficient (Wildman–Crippen LogP) is 5.96. The van der Waals surface area contributed by atoms with Crippen molar-refractivity contribution in [2.45, 2.75) is 123 Å². The van der Waals surface area contributed by atoms with Crippen LogP contribution in [0.5, 0.6) is 0 Å². The summed E-state index contributed by atoms with van der Waals surface area (Å²) >= 11 is 0. The van der Waals surface area contributed by atoms with Crippen LogP contribution in [0.3, 0.4) is 0 Å². The second-order valence-electron chi connectivity index (χ2n) is 10.7. The molecule has 156 valence electrons. The van der Waals surface area contributed by atoms with Crippen LogP contribution >= 0.6 is 0 Å². The van der Waals surface area contributed by atoms with E-state index in [-0.39, 0.29) is 17.3 Å². The van der Waals surface area contributed by atoms with Crippen LogP contribution < -0.4 is 0 Å². The van der Waals surface area contributed by atoms with Gasteiger partial charge < -0.3 is 9.47 Å². The topological polar surface area (TPSA) is 52.6 Å². The predicted molar refractivity (Wildman–Crippen MR) is 107 cm³/mol. The van der Waals surface area contributed by atoms with Crippen LogP contribution in [0.2, 0.25) is 0 Å². The molecule has 0 radical (unpaired) electrons. The summed E-state index contributed by atoms with van der Waals surface area (Å²) in [6, 6.07) is 0. The van der Waals surface area contributed by atoms with Gasteiger partial charge in [0.15, 0.2) is 0 Å².